The maximum atomic E-state index is 3.82. The summed E-state index contributed by atoms with van der Waals surface area (Å²) < 4.78 is 0. The van der Waals surface area contributed by atoms with Gasteiger partial charge in [-0.15, -0.1) is 0 Å². The molecule has 0 saturated heterocycles. The van der Waals surface area contributed by atoms with Crippen LogP contribution in [0.1, 0.15) is 78.1 Å². The van der Waals surface area contributed by atoms with E-state index in [0.717, 1.165) is 5.54 Å². The summed E-state index contributed by atoms with van der Waals surface area (Å²) in [7, 11) is 0. The first kappa shape index (κ1) is 16.5. The minimum Gasteiger partial charge on any atom is -0.157 e. The molecule has 0 fully saturated rings. The molecule has 0 unspecified atom stereocenters. The van der Waals surface area contributed by atoms with E-state index in [2.05, 4.69) is 29.6 Å². The topological polar surface area (TPSA) is 0 Å². The molecule has 0 nitrogen and oxygen atoms in total. The molecular formula is C14H30BBr. The largest absolute Gasteiger partial charge is 0.222 e. The lowest BCUT2D eigenvalue weighted by Crippen LogP contribution is -2.01. The van der Waals surface area contributed by atoms with E-state index in [1.807, 2.05) is 0 Å². The molecule has 0 aromatic rings. The Morgan fingerprint density at radius 2 is 1.00 bits per heavy atom. The van der Waals surface area contributed by atoms with E-state index in [9.17, 15) is 0 Å². The Hall–Kier alpha value is 0.545. The molecule has 0 atom stereocenters. The van der Waals surface area contributed by atoms with Gasteiger partial charge in [-0.2, -0.15) is 15.8 Å². The van der Waals surface area contributed by atoms with Crippen LogP contribution < -0.4 is 0 Å². The molecule has 0 rings (SSSR count). The van der Waals surface area contributed by atoms with Crippen LogP contribution in [0.3, 0.4) is 0 Å². The fourth-order valence-corrected chi connectivity index (χ4v) is 2.73. The van der Waals surface area contributed by atoms with Gasteiger partial charge in [-0.1, -0.05) is 90.7 Å². The summed E-state index contributed by atoms with van der Waals surface area (Å²) in [6, 6.07) is 0. The second-order valence-corrected chi connectivity index (χ2v) is 6.30. The lowest BCUT2D eigenvalue weighted by Gasteiger charge is -2.06. The van der Waals surface area contributed by atoms with Crippen LogP contribution in [0.15, 0.2) is 0 Å². The average molecular weight is 289 g/mol. The van der Waals surface area contributed by atoms with Crippen molar-refractivity contribution in [3.8, 4) is 0 Å². The van der Waals surface area contributed by atoms with Crippen LogP contribution in [0.4, 0.5) is 0 Å². The molecule has 0 aliphatic heterocycles. The normalized spacial score (nSPS) is 10.7. The molecule has 0 aliphatic carbocycles. The third-order valence-electron chi connectivity index (χ3n) is 3.24. The van der Waals surface area contributed by atoms with E-state index in [1.54, 1.807) is 0 Å². The molecular weight excluding hydrogens is 259 g/mol. The maximum absolute atomic E-state index is 3.82. The predicted molar refractivity (Wildman–Crippen MR) is 81.8 cm³/mol. The average Bonchev–Trinajstić information content (AvgIpc) is 2.28. The first-order valence-corrected chi connectivity index (χ1v) is 8.36. The van der Waals surface area contributed by atoms with E-state index in [1.165, 1.54) is 76.8 Å². The summed E-state index contributed by atoms with van der Waals surface area (Å²) in [4.78, 5) is 0. The molecule has 2 heteroatoms. The Labute approximate surface area is 112 Å². The molecule has 0 aromatic heterocycles. The molecule has 0 bridgehead atoms. The number of unbranched alkanes of at least 4 members (excludes halogenated alkanes) is 8. The maximum Gasteiger partial charge on any atom is 0.222 e. The first-order chi connectivity index (χ1) is 7.81. The van der Waals surface area contributed by atoms with Crippen molar-refractivity contribution in [2.24, 2.45) is 0 Å². The van der Waals surface area contributed by atoms with Crippen molar-refractivity contribution in [1.82, 2.24) is 0 Å². The molecule has 0 amide bonds. The van der Waals surface area contributed by atoms with Crippen molar-refractivity contribution in [3.63, 3.8) is 0 Å². The molecule has 0 spiro atoms. The second-order valence-electron chi connectivity index (χ2n) is 5.00. The minimum atomic E-state index is 0.788. The highest BCUT2D eigenvalue weighted by atomic mass is 79.9. The SMILES string of the molecule is CCCCCCCB(Br)CCCCCCC. The molecule has 16 heavy (non-hydrogen) atoms. The summed E-state index contributed by atoms with van der Waals surface area (Å²) in [5, 5.41) is 0. The van der Waals surface area contributed by atoms with Crippen molar-refractivity contribution in [3.05, 3.63) is 0 Å². The summed E-state index contributed by atoms with van der Waals surface area (Å²) in [5.74, 6) is 0. The number of rotatable bonds is 12. The Morgan fingerprint density at radius 1 is 0.625 bits per heavy atom. The Morgan fingerprint density at radius 3 is 1.38 bits per heavy atom. The van der Waals surface area contributed by atoms with Gasteiger partial charge in [0.05, 0.1) is 0 Å². The van der Waals surface area contributed by atoms with E-state index in [4.69, 9.17) is 0 Å². The van der Waals surface area contributed by atoms with Crippen molar-refractivity contribution in [1.29, 1.82) is 0 Å². The van der Waals surface area contributed by atoms with Gasteiger partial charge in [0.2, 0.25) is 5.54 Å². The fourth-order valence-electron chi connectivity index (χ4n) is 2.08. The molecule has 0 radical (unpaired) electrons. The molecule has 0 heterocycles. The summed E-state index contributed by atoms with van der Waals surface area (Å²) in [6.07, 6.45) is 16.9. The van der Waals surface area contributed by atoms with E-state index < -0.39 is 0 Å². The number of hydrogen-bond acceptors (Lipinski definition) is 0. The van der Waals surface area contributed by atoms with Crippen LogP contribution in [-0.2, 0) is 0 Å². The van der Waals surface area contributed by atoms with Gasteiger partial charge in [0.15, 0.2) is 0 Å². The van der Waals surface area contributed by atoms with E-state index in [0.29, 0.717) is 0 Å². The lowest BCUT2D eigenvalue weighted by molar-refractivity contribution is 0.647. The predicted octanol–water partition coefficient (Wildman–Crippen LogP) is 6.31. The van der Waals surface area contributed by atoms with Gasteiger partial charge < -0.3 is 0 Å². The van der Waals surface area contributed by atoms with Gasteiger partial charge in [0, 0.05) is 0 Å². The van der Waals surface area contributed by atoms with Crippen LogP contribution >= 0.6 is 15.8 Å². The highest BCUT2D eigenvalue weighted by Crippen LogP contribution is 2.17. The van der Waals surface area contributed by atoms with Crippen LogP contribution in [-0.4, -0.2) is 5.54 Å². The number of hydrogen-bond donors (Lipinski definition) is 0. The van der Waals surface area contributed by atoms with Crippen molar-refractivity contribution in [2.45, 2.75) is 90.7 Å². The van der Waals surface area contributed by atoms with Gasteiger partial charge in [-0.05, 0) is 0 Å². The number of halogens is 1. The third-order valence-corrected chi connectivity index (χ3v) is 4.16. The quantitative estimate of drug-likeness (QED) is 0.291. The summed E-state index contributed by atoms with van der Waals surface area (Å²) in [6.45, 7) is 4.56. The van der Waals surface area contributed by atoms with Crippen molar-refractivity contribution in [2.75, 3.05) is 0 Å². The first-order valence-electron chi connectivity index (χ1n) is 7.45. The van der Waals surface area contributed by atoms with E-state index in [-0.39, 0.29) is 0 Å². The van der Waals surface area contributed by atoms with Crippen LogP contribution in [0.2, 0.25) is 12.6 Å². The standard InChI is InChI=1S/C14H30BBr/c1-3-5-7-9-11-13-15(16)14-12-10-8-6-4-2/h3-14H2,1-2H3. The van der Waals surface area contributed by atoms with Crippen molar-refractivity contribution < 1.29 is 0 Å². The highest BCUT2D eigenvalue weighted by molar-refractivity contribution is 9.24. The molecule has 0 N–H and O–H groups in total. The zero-order valence-corrected chi connectivity index (χ0v) is 13.0. The smallest absolute Gasteiger partial charge is 0.157 e. The zero-order chi connectivity index (χ0) is 12.1. The van der Waals surface area contributed by atoms with Gasteiger partial charge in [-0.3, -0.25) is 0 Å². The lowest BCUT2D eigenvalue weighted by atomic mass is 9.67. The summed E-state index contributed by atoms with van der Waals surface area (Å²) >= 11 is 3.82. The van der Waals surface area contributed by atoms with Gasteiger partial charge in [0.1, 0.15) is 0 Å². The van der Waals surface area contributed by atoms with Gasteiger partial charge >= 0.3 is 0 Å². The van der Waals surface area contributed by atoms with Gasteiger partial charge in [0.25, 0.3) is 0 Å². The fraction of sp³-hybridized carbons (Fsp3) is 1.00. The molecule has 0 aromatic carbocycles. The molecule has 0 aliphatic rings. The monoisotopic (exact) mass is 288 g/mol. The molecule has 0 saturated carbocycles. The zero-order valence-electron chi connectivity index (χ0n) is 11.4. The highest BCUT2D eigenvalue weighted by Gasteiger charge is 2.08. The second kappa shape index (κ2) is 13.6. The van der Waals surface area contributed by atoms with Gasteiger partial charge in [-0.25, -0.2) is 0 Å². The molecule has 96 valence electrons. The Kier molecular flexibility index (Phi) is 14.1. The Balaban J connectivity index is 3.09. The third kappa shape index (κ3) is 12.6. The Bertz CT molecular complexity index is 114. The van der Waals surface area contributed by atoms with Crippen molar-refractivity contribution >= 4 is 21.3 Å². The van der Waals surface area contributed by atoms with Crippen LogP contribution in [0.25, 0.3) is 0 Å². The summed E-state index contributed by atoms with van der Waals surface area (Å²) in [5.41, 5.74) is 0.788. The van der Waals surface area contributed by atoms with Crippen LogP contribution in [0.5, 0.6) is 0 Å². The van der Waals surface area contributed by atoms with E-state index >= 15 is 0 Å². The minimum absolute atomic E-state index is 0.788. The van der Waals surface area contributed by atoms with Crippen LogP contribution in [0, 0.1) is 0 Å².